The van der Waals surface area contributed by atoms with Crippen LogP contribution in [-0.4, -0.2) is 50.9 Å². The van der Waals surface area contributed by atoms with Gasteiger partial charge in [-0.25, -0.2) is 17.6 Å². The summed E-state index contributed by atoms with van der Waals surface area (Å²) in [6.07, 6.45) is 2.46. The Morgan fingerprint density at radius 2 is 1.94 bits per heavy atom. The molecule has 8 nitrogen and oxygen atoms in total. The van der Waals surface area contributed by atoms with Gasteiger partial charge in [0.1, 0.15) is 16.5 Å². The van der Waals surface area contributed by atoms with Crippen molar-refractivity contribution in [3.8, 4) is 5.75 Å². The first-order valence-corrected chi connectivity index (χ1v) is 12.0. The van der Waals surface area contributed by atoms with E-state index in [4.69, 9.17) is 9.47 Å². The number of anilines is 1. The van der Waals surface area contributed by atoms with Gasteiger partial charge in [-0.15, -0.1) is 0 Å². The van der Waals surface area contributed by atoms with E-state index in [2.05, 4.69) is 5.32 Å². The smallest absolute Gasteiger partial charge is 0.338 e. The first-order valence-electron chi connectivity index (χ1n) is 10.6. The third kappa shape index (κ3) is 5.69. The average Bonchev–Trinajstić information content (AvgIpc) is 2.79. The number of carbonyl (C=O) groups excluding carboxylic acids is 2. The quantitative estimate of drug-likeness (QED) is 0.611. The van der Waals surface area contributed by atoms with Crippen LogP contribution in [0.25, 0.3) is 0 Å². The monoisotopic (exact) mass is 478 g/mol. The molecule has 1 aliphatic rings. The third-order valence-electron chi connectivity index (χ3n) is 5.54. The zero-order valence-corrected chi connectivity index (χ0v) is 19.6. The number of rotatable bonds is 7. The van der Waals surface area contributed by atoms with Crippen molar-refractivity contribution in [1.82, 2.24) is 4.31 Å². The number of carbonyl (C=O) groups is 2. The number of sulfonamides is 1. The third-order valence-corrected chi connectivity index (χ3v) is 7.57. The molecule has 0 bridgehead atoms. The second-order valence-corrected chi connectivity index (χ2v) is 9.77. The number of esters is 1. The van der Waals surface area contributed by atoms with Crippen molar-refractivity contribution in [2.75, 3.05) is 25.6 Å². The fourth-order valence-corrected chi connectivity index (χ4v) is 5.57. The minimum atomic E-state index is -3.91. The molecule has 0 aromatic heterocycles. The van der Waals surface area contributed by atoms with E-state index in [0.717, 1.165) is 25.3 Å². The number of aryl methyl sites for hydroxylation is 1. The van der Waals surface area contributed by atoms with Crippen LogP contribution < -0.4 is 10.1 Å². The van der Waals surface area contributed by atoms with Crippen LogP contribution in [0.3, 0.4) is 0 Å². The normalized spacial score (nSPS) is 16.8. The molecule has 0 saturated carbocycles. The Bertz CT molecular complexity index is 1150. The summed E-state index contributed by atoms with van der Waals surface area (Å²) in [5.41, 5.74) is 0.881. The van der Waals surface area contributed by atoms with Crippen LogP contribution in [0.4, 0.5) is 10.1 Å². The topological polar surface area (TPSA) is 102 Å². The van der Waals surface area contributed by atoms with Crippen LogP contribution in [0.2, 0.25) is 0 Å². The minimum Gasteiger partial charge on any atom is -0.495 e. The zero-order valence-electron chi connectivity index (χ0n) is 18.8. The molecule has 178 valence electrons. The van der Waals surface area contributed by atoms with Crippen LogP contribution in [0.1, 0.15) is 42.1 Å². The zero-order chi connectivity index (χ0) is 24.2. The highest BCUT2D eigenvalue weighted by Gasteiger charge is 2.33. The lowest BCUT2D eigenvalue weighted by Crippen LogP contribution is -2.42. The molecule has 2 aromatic rings. The minimum absolute atomic E-state index is 0.0335. The lowest BCUT2D eigenvalue weighted by atomic mass is 10.1. The first kappa shape index (κ1) is 24.7. The van der Waals surface area contributed by atoms with Crippen molar-refractivity contribution >= 4 is 27.6 Å². The van der Waals surface area contributed by atoms with Crippen LogP contribution in [0.5, 0.6) is 5.75 Å². The fourth-order valence-electron chi connectivity index (χ4n) is 3.69. The van der Waals surface area contributed by atoms with Crippen molar-refractivity contribution in [3.05, 3.63) is 53.3 Å². The molecule has 1 saturated heterocycles. The lowest BCUT2D eigenvalue weighted by Gasteiger charge is -2.32. The number of halogens is 1. The largest absolute Gasteiger partial charge is 0.495 e. The molecule has 10 heteroatoms. The van der Waals surface area contributed by atoms with Gasteiger partial charge in [0.05, 0.1) is 12.7 Å². The van der Waals surface area contributed by atoms with Crippen LogP contribution >= 0.6 is 0 Å². The van der Waals surface area contributed by atoms with Gasteiger partial charge in [0, 0.05) is 18.3 Å². The molecule has 0 spiro atoms. The van der Waals surface area contributed by atoms with E-state index in [1.54, 1.807) is 6.92 Å². The van der Waals surface area contributed by atoms with E-state index in [1.165, 1.54) is 41.7 Å². The Morgan fingerprint density at radius 1 is 1.18 bits per heavy atom. The predicted molar refractivity (Wildman–Crippen MR) is 120 cm³/mol. The van der Waals surface area contributed by atoms with Gasteiger partial charge in [-0.1, -0.05) is 12.5 Å². The van der Waals surface area contributed by atoms with Crippen molar-refractivity contribution in [2.45, 2.75) is 44.0 Å². The van der Waals surface area contributed by atoms with Crippen molar-refractivity contribution < 1.29 is 31.9 Å². The number of hydrogen-bond donors (Lipinski definition) is 1. The molecule has 2 aromatic carbocycles. The van der Waals surface area contributed by atoms with Crippen molar-refractivity contribution in [1.29, 1.82) is 0 Å². The Balaban J connectivity index is 1.74. The van der Waals surface area contributed by atoms with E-state index in [0.29, 0.717) is 12.1 Å². The number of nitrogens with zero attached hydrogens (tertiary/aromatic N) is 1. The second-order valence-electron chi connectivity index (χ2n) is 7.91. The van der Waals surface area contributed by atoms with Gasteiger partial charge < -0.3 is 14.8 Å². The summed E-state index contributed by atoms with van der Waals surface area (Å²) in [7, 11) is -2.55. The molecule has 1 heterocycles. The molecule has 1 aliphatic heterocycles. The molecule has 0 radical (unpaired) electrons. The van der Waals surface area contributed by atoms with Gasteiger partial charge in [0.2, 0.25) is 10.0 Å². The van der Waals surface area contributed by atoms with E-state index in [9.17, 15) is 22.4 Å². The number of piperidine rings is 1. The molecule has 1 amide bonds. The van der Waals surface area contributed by atoms with Gasteiger partial charge >= 0.3 is 5.97 Å². The van der Waals surface area contributed by atoms with Crippen LogP contribution in [0, 0.1) is 12.7 Å². The highest BCUT2D eigenvalue weighted by atomic mass is 32.2. The van der Waals surface area contributed by atoms with E-state index in [1.807, 2.05) is 6.92 Å². The maximum absolute atomic E-state index is 13.4. The van der Waals surface area contributed by atoms with Gasteiger partial charge in [0.25, 0.3) is 5.91 Å². The number of benzene rings is 2. The molecular formula is C23H27FN2O6S. The summed E-state index contributed by atoms with van der Waals surface area (Å²) >= 11 is 0. The molecule has 33 heavy (non-hydrogen) atoms. The van der Waals surface area contributed by atoms with Gasteiger partial charge in [-0.05, 0) is 62.6 Å². The van der Waals surface area contributed by atoms with Gasteiger partial charge in [-0.2, -0.15) is 4.31 Å². The summed E-state index contributed by atoms with van der Waals surface area (Å²) in [4.78, 5) is 24.5. The number of amides is 1. The van der Waals surface area contributed by atoms with Crippen LogP contribution in [-0.2, 0) is 19.6 Å². The Hall–Kier alpha value is -2.98. The SMILES string of the molecule is COc1ccc(C(=O)OCC(=O)Nc2cc(F)ccc2C)cc1S(=O)(=O)N1CCCC[C@H]1C. The highest BCUT2D eigenvalue weighted by Crippen LogP contribution is 2.31. The molecular weight excluding hydrogens is 451 g/mol. The number of hydrogen-bond acceptors (Lipinski definition) is 6. The molecule has 1 N–H and O–H groups in total. The average molecular weight is 479 g/mol. The Labute approximate surface area is 192 Å². The summed E-state index contributed by atoms with van der Waals surface area (Å²) < 4.78 is 51.6. The molecule has 0 aliphatic carbocycles. The maximum atomic E-state index is 13.4. The second kappa shape index (κ2) is 10.3. The Morgan fingerprint density at radius 3 is 2.64 bits per heavy atom. The summed E-state index contributed by atoms with van der Waals surface area (Å²) in [5.74, 6) is -1.92. The summed E-state index contributed by atoms with van der Waals surface area (Å²) in [6.45, 7) is 3.32. The van der Waals surface area contributed by atoms with Crippen LogP contribution in [0.15, 0.2) is 41.3 Å². The van der Waals surface area contributed by atoms with Gasteiger partial charge in [0.15, 0.2) is 6.61 Å². The predicted octanol–water partition coefficient (Wildman–Crippen LogP) is 3.50. The van der Waals surface area contributed by atoms with Gasteiger partial charge in [-0.3, -0.25) is 4.79 Å². The molecule has 0 unspecified atom stereocenters. The number of nitrogens with one attached hydrogen (secondary N) is 1. The van der Waals surface area contributed by atoms with E-state index in [-0.39, 0.29) is 27.9 Å². The van der Waals surface area contributed by atoms with E-state index >= 15 is 0 Å². The summed E-state index contributed by atoms with van der Waals surface area (Å²) in [5, 5.41) is 2.48. The number of methoxy groups -OCH3 is 1. The van der Waals surface area contributed by atoms with Crippen molar-refractivity contribution in [3.63, 3.8) is 0 Å². The molecule has 3 rings (SSSR count). The first-order chi connectivity index (χ1) is 15.6. The highest BCUT2D eigenvalue weighted by molar-refractivity contribution is 7.89. The van der Waals surface area contributed by atoms with Crippen molar-refractivity contribution in [2.24, 2.45) is 0 Å². The lowest BCUT2D eigenvalue weighted by molar-refractivity contribution is -0.119. The molecule has 1 fully saturated rings. The summed E-state index contributed by atoms with van der Waals surface area (Å²) in [6, 6.07) is 7.73. The fraction of sp³-hybridized carbons (Fsp3) is 0.391. The standard InChI is InChI=1S/C23H27FN2O6S/c1-15-7-9-18(24)13-19(15)25-22(27)14-32-23(28)17-8-10-20(31-3)21(12-17)33(29,30)26-11-5-4-6-16(26)2/h7-10,12-13,16H,4-6,11,14H2,1-3H3,(H,25,27)/t16-/m1/s1. The maximum Gasteiger partial charge on any atom is 0.338 e. The van der Waals surface area contributed by atoms with E-state index < -0.39 is 34.3 Å². The molecule has 1 atom stereocenters. The number of ether oxygens (including phenoxy) is 2. The Kier molecular flexibility index (Phi) is 7.70.